The molecular weight excluding hydrogens is 365 g/mol. The van der Waals surface area contributed by atoms with Gasteiger partial charge in [-0.15, -0.1) is 0 Å². The molecule has 0 amide bonds. The van der Waals surface area contributed by atoms with Crippen molar-refractivity contribution in [1.29, 1.82) is 5.26 Å². The van der Waals surface area contributed by atoms with E-state index in [4.69, 9.17) is 10.00 Å². The van der Waals surface area contributed by atoms with Crippen LogP contribution >= 0.6 is 0 Å². The zero-order valence-corrected chi connectivity index (χ0v) is 16.3. The Morgan fingerprint density at radius 2 is 1.79 bits per heavy atom. The van der Waals surface area contributed by atoms with Crippen LogP contribution in [0.5, 0.6) is 5.75 Å². The molecule has 0 aromatic heterocycles. The fourth-order valence-corrected chi connectivity index (χ4v) is 3.15. The van der Waals surface area contributed by atoms with E-state index in [2.05, 4.69) is 19.1 Å². The quantitative estimate of drug-likeness (QED) is 0.271. The van der Waals surface area contributed by atoms with Crippen molar-refractivity contribution in [1.82, 2.24) is 0 Å². The van der Waals surface area contributed by atoms with Crippen molar-refractivity contribution in [2.45, 2.75) is 32.6 Å². The molecule has 0 aliphatic rings. The van der Waals surface area contributed by atoms with Crippen molar-refractivity contribution in [3.63, 3.8) is 0 Å². The van der Waals surface area contributed by atoms with Crippen molar-refractivity contribution < 1.29 is 13.9 Å². The van der Waals surface area contributed by atoms with Crippen LogP contribution in [-0.2, 0) is 6.42 Å². The molecule has 3 aromatic rings. The third-order valence-corrected chi connectivity index (χ3v) is 4.75. The van der Waals surface area contributed by atoms with E-state index in [0.29, 0.717) is 5.56 Å². The van der Waals surface area contributed by atoms with E-state index in [-0.39, 0.29) is 11.3 Å². The van der Waals surface area contributed by atoms with E-state index in [9.17, 15) is 9.18 Å². The summed E-state index contributed by atoms with van der Waals surface area (Å²) >= 11 is 0. The molecule has 0 spiro atoms. The SMILES string of the molecule is CCCCCc1ccc(-c2ccccc2C(=O)Oc2ccc(C#N)c(F)c2)cc1. The first-order valence-electron chi connectivity index (χ1n) is 9.72. The van der Waals surface area contributed by atoms with Gasteiger partial charge in [-0.2, -0.15) is 5.26 Å². The number of nitriles is 1. The maximum atomic E-state index is 13.8. The second-order valence-corrected chi connectivity index (χ2v) is 6.84. The second kappa shape index (κ2) is 9.66. The van der Waals surface area contributed by atoms with Gasteiger partial charge in [0.05, 0.1) is 11.1 Å². The Kier molecular flexibility index (Phi) is 6.76. The average molecular weight is 387 g/mol. The van der Waals surface area contributed by atoms with Crippen LogP contribution in [-0.4, -0.2) is 5.97 Å². The Morgan fingerprint density at radius 1 is 1.03 bits per heavy atom. The summed E-state index contributed by atoms with van der Waals surface area (Å²) in [5.41, 5.74) is 3.25. The van der Waals surface area contributed by atoms with Gasteiger partial charge in [-0.1, -0.05) is 62.2 Å². The molecule has 3 nitrogen and oxygen atoms in total. The molecule has 0 aliphatic heterocycles. The molecule has 4 heteroatoms. The molecule has 0 heterocycles. The average Bonchev–Trinajstić information content (AvgIpc) is 2.74. The molecule has 0 radical (unpaired) electrons. The summed E-state index contributed by atoms with van der Waals surface area (Å²) in [4.78, 5) is 12.7. The van der Waals surface area contributed by atoms with Gasteiger partial charge in [-0.05, 0) is 47.7 Å². The van der Waals surface area contributed by atoms with Gasteiger partial charge < -0.3 is 4.74 Å². The van der Waals surface area contributed by atoms with Crippen LogP contribution in [0.4, 0.5) is 4.39 Å². The molecule has 0 atom stereocenters. The number of hydrogen-bond donors (Lipinski definition) is 0. The summed E-state index contributed by atoms with van der Waals surface area (Å²) in [6.07, 6.45) is 4.62. The number of aryl methyl sites for hydroxylation is 1. The molecule has 0 fully saturated rings. The van der Waals surface area contributed by atoms with E-state index < -0.39 is 11.8 Å². The largest absolute Gasteiger partial charge is 0.423 e. The normalized spacial score (nSPS) is 10.4. The summed E-state index contributed by atoms with van der Waals surface area (Å²) in [6, 6.07) is 20.9. The third kappa shape index (κ3) is 5.08. The summed E-state index contributed by atoms with van der Waals surface area (Å²) in [6.45, 7) is 2.19. The predicted molar refractivity (Wildman–Crippen MR) is 111 cm³/mol. The smallest absolute Gasteiger partial charge is 0.344 e. The number of carbonyl (C=O) groups excluding carboxylic acids is 1. The number of nitrogens with zero attached hydrogens (tertiary/aromatic N) is 1. The fraction of sp³-hybridized carbons (Fsp3) is 0.200. The van der Waals surface area contributed by atoms with E-state index in [1.165, 1.54) is 37.0 Å². The van der Waals surface area contributed by atoms with Crippen LogP contribution in [0, 0.1) is 17.1 Å². The highest BCUT2D eigenvalue weighted by molar-refractivity contribution is 5.98. The van der Waals surface area contributed by atoms with Crippen LogP contribution in [0.15, 0.2) is 66.7 Å². The monoisotopic (exact) mass is 387 g/mol. The molecule has 0 unspecified atom stereocenters. The summed E-state index contributed by atoms with van der Waals surface area (Å²) in [5.74, 6) is -1.23. The number of esters is 1. The molecule has 0 saturated heterocycles. The molecule has 0 bridgehead atoms. The van der Waals surface area contributed by atoms with E-state index in [0.717, 1.165) is 23.6 Å². The van der Waals surface area contributed by atoms with E-state index in [1.54, 1.807) is 18.2 Å². The maximum Gasteiger partial charge on any atom is 0.344 e. The van der Waals surface area contributed by atoms with E-state index >= 15 is 0 Å². The van der Waals surface area contributed by atoms with Crippen molar-refractivity contribution in [2.75, 3.05) is 0 Å². The van der Waals surface area contributed by atoms with Crippen LogP contribution < -0.4 is 4.74 Å². The number of benzene rings is 3. The third-order valence-electron chi connectivity index (χ3n) is 4.75. The van der Waals surface area contributed by atoms with Crippen LogP contribution in [0.25, 0.3) is 11.1 Å². The van der Waals surface area contributed by atoms with Crippen molar-refractivity contribution in [3.8, 4) is 22.9 Å². The summed E-state index contributed by atoms with van der Waals surface area (Å²) < 4.78 is 19.1. The lowest BCUT2D eigenvalue weighted by Crippen LogP contribution is -2.10. The molecule has 0 N–H and O–H groups in total. The minimum atomic E-state index is -0.718. The lowest BCUT2D eigenvalue weighted by molar-refractivity contribution is 0.0735. The van der Waals surface area contributed by atoms with Gasteiger partial charge >= 0.3 is 5.97 Å². The Morgan fingerprint density at radius 3 is 2.48 bits per heavy atom. The molecule has 3 rings (SSSR count). The van der Waals surface area contributed by atoms with Gasteiger partial charge in [-0.3, -0.25) is 0 Å². The molecule has 29 heavy (non-hydrogen) atoms. The van der Waals surface area contributed by atoms with Gasteiger partial charge in [0.1, 0.15) is 17.6 Å². The highest BCUT2D eigenvalue weighted by Crippen LogP contribution is 2.26. The Hall–Kier alpha value is -3.45. The van der Waals surface area contributed by atoms with Crippen LogP contribution in [0.2, 0.25) is 0 Å². The van der Waals surface area contributed by atoms with E-state index in [1.807, 2.05) is 24.3 Å². The first-order valence-corrected chi connectivity index (χ1v) is 9.72. The maximum absolute atomic E-state index is 13.8. The highest BCUT2D eigenvalue weighted by Gasteiger charge is 2.15. The van der Waals surface area contributed by atoms with Crippen LogP contribution in [0.3, 0.4) is 0 Å². The van der Waals surface area contributed by atoms with Gasteiger partial charge in [0.25, 0.3) is 0 Å². The molecule has 146 valence electrons. The minimum absolute atomic E-state index is 0.0626. The zero-order chi connectivity index (χ0) is 20.6. The standard InChI is InChI=1S/C25H22FNO2/c1-2-3-4-7-18-10-12-19(13-11-18)22-8-5-6-9-23(22)25(28)29-21-15-14-20(17-27)24(26)16-21/h5-6,8-16H,2-4,7H2,1H3. The minimum Gasteiger partial charge on any atom is -0.423 e. The predicted octanol–water partition coefficient (Wildman–Crippen LogP) is 6.32. The van der Waals surface area contributed by atoms with Crippen molar-refractivity contribution in [2.24, 2.45) is 0 Å². The number of unbranched alkanes of at least 4 members (excludes halogenated alkanes) is 2. The Labute approximate surface area is 170 Å². The zero-order valence-electron chi connectivity index (χ0n) is 16.3. The molecule has 3 aromatic carbocycles. The lowest BCUT2D eigenvalue weighted by Gasteiger charge is -2.11. The van der Waals surface area contributed by atoms with Crippen LogP contribution in [0.1, 0.15) is 47.7 Å². The number of rotatable bonds is 7. The lowest BCUT2D eigenvalue weighted by atomic mass is 9.97. The second-order valence-electron chi connectivity index (χ2n) is 6.84. The summed E-state index contributed by atoms with van der Waals surface area (Å²) in [5, 5.41) is 8.81. The van der Waals surface area contributed by atoms with Gasteiger partial charge in [0, 0.05) is 6.07 Å². The first kappa shape index (κ1) is 20.3. The number of ether oxygens (including phenoxy) is 1. The topological polar surface area (TPSA) is 50.1 Å². The molecular formula is C25H22FNO2. The van der Waals surface area contributed by atoms with Crippen molar-refractivity contribution >= 4 is 5.97 Å². The van der Waals surface area contributed by atoms with Crippen molar-refractivity contribution in [3.05, 3.63) is 89.2 Å². The molecule has 0 aliphatic carbocycles. The molecule has 0 saturated carbocycles. The Bertz CT molecular complexity index is 1040. The first-order chi connectivity index (χ1) is 14.1. The Balaban J connectivity index is 1.80. The van der Waals surface area contributed by atoms with Gasteiger partial charge in [0.15, 0.2) is 0 Å². The number of halogens is 1. The summed E-state index contributed by atoms with van der Waals surface area (Å²) in [7, 11) is 0. The highest BCUT2D eigenvalue weighted by atomic mass is 19.1. The van der Waals surface area contributed by atoms with Gasteiger partial charge in [-0.25, -0.2) is 9.18 Å². The number of hydrogen-bond acceptors (Lipinski definition) is 3. The number of carbonyl (C=O) groups is 1. The van der Waals surface area contributed by atoms with Gasteiger partial charge in [0.2, 0.25) is 0 Å². The fourth-order valence-electron chi connectivity index (χ4n) is 3.15.